The van der Waals surface area contributed by atoms with E-state index >= 15 is 0 Å². The van der Waals surface area contributed by atoms with Gasteiger partial charge in [-0.3, -0.25) is 14.4 Å². The second kappa shape index (κ2) is 7.01. The Morgan fingerprint density at radius 3 is 2.61 bits per heavy atom. The maximum absolute atomic E-state index is 12.6. The van der Waals surface area contributed by atoms with E-state index in [4.69, 9.17) is 0 Å². The first kappa shape index (κ1) is 16.5. The van der Waals surface area contributed by atoms with Crippen LogP contribution in [-0.2, 0) is 0 Å². The van der Waals surface area contributed by atoms with Gasteiger partial charge in [0.25, 0.3) is 5.91 Å². The van der Waals surface area contributed by atoms with Crippen molar-refractivity contribution in [3.63, 3.8) is 0 Å². The molecule has 6 nitrogen and oxygen atoms in total. The molecular weight excluding hydrogens is 290 g/mol. The van der Waals surface area contributed by atoms with Gasteiger partial charge in [0.15, 0.2) is 0 Å². The summed E-state index contributed by atoms with van der Waals surface area (Å²) in [6.07, 6.45) is 2.98. The van der Waals surface area contributed by atoms with Gasteiger partial charge in [-0.1, -0.05) is 6.92 Å². The number of hydrogen-bond donors (Lipinski definition) is 0. The summed E-state index contributed by atoms with van der Waals surface area (Å²) in [4.78, 5) is 19.7. The second-order valence-corrected chi connectivity index (χ2v) is 6.94. The molecule has 0 bridgehead atoms. The van der Waals surface area contributed by atoms with Crippen molar-refractivity contribution in [1.29, 1.82) is 0 Å². The van der Waals surface area contributed by atoms with Crippen molar-refractivity contribution in [1.82, 2.24) is 24.5 Å². The molecule has 6 heteroatoms. The van der Waals surface area contributed by atoms with E-state index in [1.165, 1.54) is 0 Å². The number of carbonyl (C=O) groups excluding carboxylic acids is 1. The summed E-state index contributed by atoms with van der Waals surface area (Å²) in [5.74, 6) is 0.0825. The van der Waals surface area contributed by atoms with E-state index in [0.29, 0.717) is 11.7 Å². The number of likely N-dealkylation sites (tertiary alicyclic amines) is 1. The van der Waals surface area contributed by atoms with Gasteiger partial charge in [0, 0.05) is 57.5 Å². The lowest BCUT2D eigenvalue weighted by Crippen LogP contribution is -2.51. The third-order valence-electron chi connectivity index (χ3n) is 5.18. The van der Waals surface area contributed by atoms with Crippen LogP contribution in [0.3, 0.4) is 0 Å². The molecular formula is C17H29N5O. The molecule has 1 atom stereocenters. The average Bonchev–Trinajstić information content (AvgIpc) is 3.24. The number of hydrogen-bond acceptors (Lipinski definition) is 4. The minimum absolute atomic E-state index is 0.0825. The molecule has 2 fully saturated rings. The number of carbonyl (C=O) groups is 1. The van der Waals surface area contributed by atoms with Gasteiger partial charge in [0.2, 0.25) is 0 Å². The van der Waals surface area contributed by atoms with Crippen molar-refractivity contribution in [3.05, 3.63) is 18.0 Å². The largest absolute Gasteiger partial charge is 0.336 e. The lowest BCUT2D eigenvalue weighted by atomic mass is 10.2. The fourth-order valence-corrected chi connectivity index (χ4v) is 3.57. The molecule has 0 N–H and O–H groups in total. The summed E-state index contributed by atoms with van der Waals surface area (Å²) >= 11 is 0. The van der Waals surface area contributed by atoms with Crippen LogP contribution in [0.4, 0.5) is 0 Å². The topological polar surface area (TPSA) is 44.6 Å². The molecule has 3 rings (SSSR count). The monoisotopic (exact) mass is 319 g/mol. The molecule has 2 aliphatic heterocycles. The van der Waals surface area contributed by atoms with Gasteiger partial charge < -0.3 is 9.80 Å². The van der Waals surface area contributed by atoms with Gasteiger partial charge in [0.05, 0.1) is 0 Å². The molecule has 3 heterocycles. The molecule has 0 saturated carbocycles. The SMILES string of the molecule is CCN1CCN(C2CCN(C(=O)c3ccn(C(C)C)n3)C2)CC1. The molecule has 2 saturated heterocycles. The Bertz CT molecular complexity index is 533. The van der Waals surface area contributed by atoms with Gasteiger partial charge in [-0.2, -0.15) is 5.10 Å². The van der Waals surface area contributed by atoms with Crippen molar-refractivity contribution in [2.45, 2.75) is 39.3 Å². The van der Waals surface area contributed by atoms with Crippen molar-refractivity contribution in [2.75, 3.05) is 45.8 Å². The molecule has 1 aromatic rings. The molecule has 0 aliphatic carbocycles. The molecule has 0 spiro atoms. The normalized spacial score (nSPS) is 23.8. The van der Waals surface area contributed by atoms with Crippen LogP contribution < -0.4 is 0 Å². The zero-order valence-corrected chi connectivity index (χ0v) is 14.6. The van der Waals surface area contributed by atoms with Crippen LogP contribution in [-0.4, -0.2) is 82.2 Å². The smallest absolute Gasteiger partial charge is 0.274 e. The third-order valence-corrected chi connectivity index (χ3v) is 5.18. The third kappa shape index (κ3) is 3.58. The van der Waals surface area contributed by atoms with E-state index in [9.17, 15) is 4.79 Å². The minimum Gasteiger partial charge on any atom is -0.336 e. The number of piperazine rings is 1. The fourth-order valence-electron chi connectivity index (χ4n) is 3.57. The molecule has 128 valence electrons. The summed E-state index contributed by atoms with van der Waals surface area (Å²) in [7, 11) is 0. The van der Waals surface area contributed by atoms with Crippen LogP contribution in [0, 0.1) is 0 Å². The highest BCUT2D eigenvalue weighted by molar-refractivity contribution is 5.92. The van der Waals surface area contributed by atoms with Gasteiger partial charge >= 0.3 is 0 Å². The molecule has 1 aromatic heterocycles. The zero-order chi connectivity index (χ0) is 16.4. The lowest BCUT2D eigenvalue weighted by molar-refractivity contribution is 0.0739. The van der Waals surface area contributed by atoms with E-state index in [-0.39, 0.29) is 11.9 Å². The highest BCUT2D eigenvalue weighted by Gasteiger charge is 2.32. The van der Waals surface area contributed by atoms with Crippen LogP contribution in [0.15, 0.2) is 12.3 Å². The average molecular weight is 319 g/mol. The number of likely N-dealkylation sites (N-methyl/N-ethyl adjacent to an activating group) is 1. The summed E-state index contributed by atoms with van der Waals surface area (Å²) in [6.45, 7) is 13.8. The summed E-state index contributed by atoms with van der Waals surface area (Å²) < 4.78 is 1.85. The second-order valence-electron chi connectivity index (χ2n) is 6.94. The van der Waals surface area contributed by atoms with Crippen molar-refractivity contribution in [2.24, 2.45) is 0 Å². The number of nitrogens with zero attached hydrogens (tertiary/aromatic N) is 5. The van der Waals surface area contributed by atoms with Crippen LogP contribution in [0.2, 0.25) is 0 Å². The lowest BCUT2D eigenvalue weighted by Gasteiger charge is -2.37. The fraction of sp³-hybridized carbons (Fsp3) is 0.765. The van der Waals surface area contributed by atoms with Gasteiger partial charge in [-0.25, -0.2) is 0 Å². The Morgan fingerprint density at radius 2 is 2.00 bits per heavy atom. The van der Waals surface area contributed by atoms with E-state index in [1.807, 2.05) is 21.8 Å². The predicted octanol–water partition coefficient (Wildman–Crippen LogP) is 1.32. The highest BCUT2D eigenvalue weighted by atomic mass is 16.2. The van der Waals surface area contributed by atoms with Crippen molar-refractivity contribution < 1.29 is 4.79 Å². The Morgan fingerprint density at radius 1 is 1.26 bits per heavy atom. The number of rotatable bonds is 4. The molecule has 1 amide bonds. The van der Waals surface area contributed by atoms with E-state index < -0.39 is 0 Å². The standard InChI is InChI=1S/C17H29N5O/c1-4-19-9-11-20(12-10-19)15-5-7-21(13-15)17(23)16-6-8-22(18-16)14(2)3/h6,8,14-15H,4-5,7,9-13H2,1-3H3. The van der Waals surface area contributed by atoms with Crippen LogP contribution in [0.5, 0.6) is 0 Å². The van der Waals surface area contributed by atoms with Crippen molar-refractivity contribution >= 4 is 5.91 Å². The highest BCUT2D eigenvalue weighted by Crippen LogP contribution is 2.19. The molecule has 23 heavy (non-hydrogen) atoms. The first-order valence-corrected chi connectivity index (χ1v) is 8.89. The molecule has 2 aliphatic rings. The quantitative estimate of drug-likeness (QED) is 0.839. The summed E-state index contributed by atoms with van der Waals surface area (Å²) in [6, 6.07) is 2.65. The Kier molecular flexibility index (Phi) is 5.02. The Hall–Kier alpha value is -1.40. The molecule has 0 radical (unpaired) electrons. The number of amides is 1. The zero-order valence-electron chi connectivity index (χ0n) is 14.6. The van der Waals surface area contributed by atoms with Crippen molar-refractivity contribution in [3.8, 4) is 0 Å². The predicted molar refractivity (Wildman–Crippen MR) is 90.6 cm³/mol. The van der Waals surface area contributed by atoms with Gasteiger partial charge in [-0.05, 0) is 32.9 Å². The van der Waals surface area contributed by atoms with E-state index in [2.05, 4.69) is 35.7 Å². The van der Waals surface area contributed by atoms with Crippen LogP contribution >= 0.6 is 0 Å². The maximum atomic E-state index is 12.6. The first-order chi connectivity index (χ1) is 11.1. The minimum atomic E-state index is 0.0825. The van der Waals surface area contributed by atoms with Gasteiger partial charge in [-0.15, -0.1) is 0 Å². The number of aromatic nitrogens is 2. The summed E-state index contributed by atoms with van der Waals surface area (Å²) in [5.41, 5.74) is 0.579. The van der Waals surface area contributed by atoms with E-state index in [0.717, 1.165) is 52.2 Å². The molecule has 0 aromatic carbocycles. The Labute approximate surface area is 139 Å². The molecule has 1 unspecified atom stereocenters. The van der Waals surface area contributed by atoms with E-state index in [1.54, 1.807) is 0 Å². The van der Waals surface area contributed by atoms with Gasteiger partial charge in [0.1, 0.15) is 5.69 Å². The van der Waals surface area contributed by atoms with Crippen LogP contribution in [0.25, 0.3) is 0 Å². The van der Waals surface area contributed by atoms with Crippen LogP contribution in [0.1, 0.15) is 43.7 Å². The Balaban J connectivity index is 1.55. The first-order valence-electron chi connectivity index (χ1n) is 8.89. The summed E-state index contributed by atoms with van der Waals surface area (Å²) in [5, 5.41) is 4.42. The maximum Gasteiger partial charge on any atom is 0.274 e.